The van der Waals surface area contributed by atoms with E-state index in [2.05, 4.69) is 16.4 Å². The molecule has 3 unspecified atom stereocenters. The molecule has 1 saturated carbocycles. The average molecular weight is 503 g/mol. The maximum atomic E-state index is 13.7. The first-order valence-electron chi connectivity index (χ1n) is 13.7. The Morgan fingerprint density at radius 1 is 1.00 bits per heavy atom. The summed E-state index contributed by atoms with van der Waals surface area (Å²) < 4.78 is 5.48. The Bertz CT molecular complexity index is 1190. The van der Waals surface area contributed by atoms with Crippen LogP contribution in [0.2, 0.25) is 0 Å². The summed E-state index contributed by atoms with van der Waals surface area (Å²) in [4.78, 5) is 31.7. The van der Waals surface area contributed by atoms with Gasteiger partial charge in [0.25, 0.3) is 0 Å². The monoisotopic (exact) mass is 502 g/mol. The Kier molecular flexibility index (Phi) is 8.09. The number of nitrogens with zero attached hydrogens (tertiary/aromatic N) is 1. The van der Waals surface area contributed by atoms with Crippen molar-refractivity contribution in [3.8, 4) is 0 Å². The molecule has 1 aliphatic heterocycles. The average Bonchev–Trinajstić information content (AvgIpc) is 3.61. The van der Waals surface area contributed by atoms with Gasteiger partial charge in [-0.3, -0.25) is 4.79 Å². The van der Waals surface area contributed by atoms with Gasteiger partial charge in [-0.05, 0) is 48.8 Å². The Hall–Kier alpha value is -3.32. The molecule has 1 saturated heterocycles. The van der Waals surface area contributed by atoms with Crippen molar-refractivity contribution < 1.29 is 14.3 Å². The molecule has 4 N–H and O–H groups in total. The number of fused-ring (bicyclic) bond motifs is 1. The van der Waals surface area contributed by atoms with Crippen LogP contribution in [0.1, 0.15) is 62.0 Å². The Morgan fingerprint density at radius 2 is 1.76 bits per heavy atom. The highest BCUT2D eigenvalue weighted by Gasteiger charge is 2.40. The van der Waals surface area contributed by atoms with E-state index in [9.17, 15) is 9.59 Å². The number of ether oxygens (including phenoxy) is 1. The maximum Gasteiger partial charge on any atom is 0.407 e. The zero-order valence-electron chi connectivity index (χ0n) is 21.4. The van der Waals surface area contributed by atoms with Gasteiger partial charge in [0.05, 0.1) is 6.04 Å². The van der Waals surface area contributed by atoms with Crippen molar-refractivity contribution in [1.29, 1.82) is 0 Å². The minimum absolute atomic E-state index is 0.0317. The van der Waals surface area contributed by atoms with Gasteiger partial charge < -0.3 is 25.7 Å². The lowest BCUT2D eigenvalue weighted by Crippen LogP contribution is -2.52. The number of carbonyl (C=O) groups is 2. The Labute approximate surface area is 218 Å². The number of likely N-dealkylation sites (tertiary alicyclic amines) is 1. The fourth-order valence-corrected chi connectivity index (χ4v) is 6.19. The second-order valence-corrected chi connectivity index (χ2v) is 10.5. The summed E-state index contributed by atoms with van der Waals surface area (Å²) in [6.07, 6.45) is 9.00. The molecular formula is C30H38N4O3. The van der Waals surface area contributed by atoms with Crippen LogP contribution in [0.15, 0.2) is 60.8 Å². The molecule has 0 radical (unpaired) electrons. The molecule has 0 spiro atoms. The highest BCUT2D eigenvalue weighted by Crippen LogP contribution is 2.36. The lowest BCUT2D eigenvalue weighted by Gasteiger charge is -2.36. The number of benzene rings is 2. The van der Waals surface area contributed by atoms with Crippen molar-refractivity contribution >= 4 is 22.9 Å². The topological polar surface area (TPSA) is 100 Å². The van der Waals surface area contributed by atoms with Crippen LogP contribution in [0, 0.1) is 5.92 Å². The van der Waals surface area contributed by atoms with Crippen LogP contribution in [-0.4, -0.2) is 47.1 Å². The molecule has 2 aliphatic rings. The number of nitrogens with one attached hydrogen (secondary N) is 2. The molecule has 1 aliphatic carbocycles. The first-order valence-corrected chi connectivity index (χ1v) is 13.7. The van der Waals surface area contributed by atoms with Gasteiger partial charge in [0.1, 0.15) is 6.61 Å². The number of rotatable bonds is 8. The van der Waals surface area contributed by atoms with Crippen LogP contribution in [-0.2, 0) is 16.1 Å². The fraction of sp³-hybridized carbons (Fsp3) is 0.467. The van der Waals surface area contributed by atoms with Crippen LogP contribution in [0.4, 0.5) is 4.79 Å². The number of para-hydroxylation sites is 1. The predicted molar refractivity (Wildman–Crippen MR) is 145 cm³/mol. The molecule has 196 valence electrons. The molecule has 2 aromatic carbocycles. The zero-order chi connectivity index (χ0) is 25.6. The number of amides is 2. The Balaban J connectivity index is 1.33. The normalized spacial score (nSPS) is 20.0. The van der Waals surface area contributed by atoms with Crippen molar-refractivity contribution in [2.75, 3.05) is 13.1 Å². The molecule has 7 heteroatoms. The predicted octanol–water partition coefficient (Wildman–Crippen LogP) is 5.08. The third-order valence-corrected chi connectivity index (χ3v) is 8.19. The first kappa shape index (κ1) is 25.3. The quantitative estimate of drug-likeness (QED) is 0.400. The number of hydrogen-bond donors (Lipinski definition) is 3. The highest BCUT2D eigenvalue weighted by molar-refractivity contribution is 5.85. The largest absolute Gasteiger partial charge is 0.445 e. The molecule has 7 nitrogen and oxygen atoms in total. The van der Waals surface area contributed by atoms with Crippen molar-refractivity contribution in [3.05, 3.63) is 71.9 Å². The van der Waals surface area contributed by atoms with E-state index in [0.29, 0.717) is 13.1 Å². The lowest BCUT2D eigenvalue weighted by molar-refractivity contribution is -0.135. The Morgan fingerprint density at radius 3 is 2.57 bits per heavy atom. The molecule has 2 amide bonds. The van der Waals surface area contributed by atoms with Crippen LogP contribution >= 0.6 is 0 Å². The summed E-state index contributed by atoms with van der Waals surface area (Å²) in [7, 11) is 0. The summed E-state index contributed by atoms with van der Waals surface area (Å²) in [6.45, 7) is 1.30. The third-order valence-electron chi connectivity index (χ3n) is 8.19. The van der Waals surface area contributed by atoms with Gasteiger partial charge in [-0.2, -0.15) is 0 Å². The smallest absolute Gasteiger partial charge is 0.407 e. The maximum absolute atomic E-state index is 13.7. The van der Waals surface area contributed by atoms with Crippen molar-refractivity contribution in [2.24, 2.45) is 11.7 Å². The molecule has 2 fully saturated rings. The SMILES string of the molecule is NC(C(=O)N1CCCC1C(CNC(=O)OCc1ccccc1)c1c[nH]c2ccccc12)C1CCCCC1. The van der Waals surface area contributed by atoms with Gasteiger partial charge in [-0.25, -0.2) is 4.79 Å². The minimum atomic E-state index is -0.455. The fourth-order valence-electron chi connectivity index (χ4n) is 6.19. The second kappa shape index (κ2) is 11.8. The van der Waals surface area contributed by atoms with Crippen LogP contribution in [0.3, 0.4) is 0 Å². The van der Waals surface area contributed by atoms with Crippen molar-refractivity contribution in [1.82, 2.24) is 15.2 Å². The number of alkyl carbamates (subject to hydrolysis) is 1. The van der Waals surface area contributed by atoms with E-state index in [4.69, 9.17) is 10.5 Å². The van der Waals surface area contributed by atoms with Gasteiger partial charge in [-0.15, -0.1) is 0 Å². The number of nitrogens with two attached hydrogens (primary N) is 1. The molecular weight excluding hydrogens is 464 g/mol. The van der Waals surface area contributed by atoms with E-state index in [1.165, 1.54) is 6.42 Å². The number of hydrogen-bond acceptors (Lipinski definition) is 4. The molecule has 37 heavy (non-hydrogen) atoms. The van der Waals surface area contributed by atoms with Gasteiger partial charge in [0.2, 0.25) is 5.91 Å². The van der Waals surface area contributed by atoms with Crippen molar-refractivity contribution in [3.63, 3.8) is 0 Å². The first-order chi connectivity index (χ1) is 18.1. The van der Waals surface area contributed by atoms with Crippen molar-refractivity contribution in [2.45, 2.75) is 69.6 Å². The van der Waals surface area contributed by atoms with E-state index in [1.807, 2.05) is 59.6 Å². The summed E-state index contributed by atoms with van der Waals surface area (Å²) >= 11 is 0. The molecule has 3 atom stereocenters. The summed E-state index contributed by atoms with van der Waals surface area (Å²) in [5, 5.41) is 4.10. The van der Waals surface area contributed by atoms with E-state index < -0.39 is 12.1 Å². The minimum Gasteiger partial charge on any atom is -0.445 e. The van der Waals surface area contributed by atoms with E-state index in [1.54, 1.807) is 0 Å². The number of carbonyl (C=O) groups excluding carboxylic acids is 2. The molecule has 1 aromatic heterocycles. The van der Waals surface area contributed by atoms with Crippen LogP contribution in [0.25, 0.3) is 10.9 Å². The van der Waals surface area contributed by atoms with E-state index in [-0.39, 0.29) is 30.4 Å². The molecule has 3 aromatic rings. The second-order valence-electron chi connectivity index (χ2n) is 10.5. The van der Waals surface area contributed by atoms with Crippen LogP contribution < -0.4 is 11.1 Å². The van der Waals surface area contributed by atoms with E-state index in [0.717, 1.165) is 60.6 Å². The molecule has 0 bridgehead atoms. The standard InChI is InChI=1S/C30H38N4O3/c31-28(22-12-5-2-6-13-22)29(35)34-17-9-16-27(34)25(24-18-32-26-15-8-7-14-23(24)26)19-33-30(36)37-20-21-10-3-1-4-11-21/h1,3-4,7-8,10-11,14-15,18,22,25,27-28,32H,2,5-6,9,12-13,16-17,19-20,31H2,(H,33,36). The third kappa shape index (κ3) is 5.82. The molecule has 2 heterocycles. The van der Waals surface area contributed by atoms with Crippen LogP contribution in [0.5, 0.6) is 0 Å². The van der Waals surface area contributed by atoms with Gasteiger partial charge in [0.15, 0.2) is 0 Å². The summed E-state index contributed by atoms with van der Waals surface area (Å²) in [5.41, 5.74) is 9.66. The summed E-state index contributed by atoms with van der Waals surface area (Å²) in [6, 6.07) is 17.3. The zero-order valence-corrected chi connectivity index (χ0v) is 21.4. The van der Waals surface area contributed by atoms with E-state index >= 15 is 0 Å². The number of H-pyrrole nitrogens is 1. The van der Waals surface area contributed by atoms with Gasteiger partial charge in [-0.1, -0.05) is 67.8 Å². The van der Waals surface area contributed by atoms with Gasteiger partial charge in [0, 0.05) is 42.1 Å². The summed E-state index contributed by atoms with van der Waals surface area (Å²) in [5.74, 6) is 0.247. The number of aromatic amines is 1. The highest BCUT2D eigenvalue weighted by atomic mass is 16.5. The number of aromatic nitrogens is 1. The molecule has 5 rings (SSSR count). The van der Waals surface area contributed by atoms with Gasteiger partial charge >= 0.3 is 6.09 Å². The lowest BCUT2D eigenvalue weighted by atomic mass is 9.83.